The number of aliphatic carboxylic acids is 1. The van der Waals surface area contributed by atoms with E-state index in [4.69, 9.17) is 5.73 Å². The highest BCUT2D eigenvalue weighted by atomic mass is 16.4. The first kappa shape index (κ1) is 14.1. The van der Waals surface area contributed by atoms with Crippen molar-refractivity contribution in [2.45, 2.75) is 44.4 Å². The molecule has 1 aromatic rings. The van der Waals surface area contributed by atoms with Gasteiger partial charge in [0.05, 0.1) is 0 Å². The van der Waals surface area contributed by atoms with Gasteiger partial charge in [-0.25, -0.2) is 0 Å². The highest BCUT2D eigenvalue weighted by molar-refractivity contribution is 5.82. The number of nitrogens with two attached hydrogens (primary N) is 1. The first-order valence-corrected chi connectivity index (χ1v) is 7.09. The van der Waals surface area contributed by atoms with E-state index in [0.717, 1.165) is 24.0 Å². The van der Waals surface area contributed by atoms with Gasteiger partial charge in [-0.3, -0.25) is 4.79 Å². The molecule has 1 unspecified atom stereocenters. The number of carboxylic acids is 1. The van der Waals surface area contributed by atoms with Crippen molar-refractivity contribution in [1.29, 1.82) is 0 Å². The van der Waals surface area contributed by atoms with E-state index in [1.54, 1.807) is 0 Å². The van der Waals surface area contributed by atoms with E-state index in [9.17, 15) is 9.90 Å². The molecule has 0 aromatic heterocycles. The molecule has 1 fully saturated rings. The number of carboxylic acid groups (broad SMARTS) is 1. The van der Waals surface area contributed by atoms with Gasteiger partial charge in [0.2, 0.25) is 0 Å². The number of hydrogen-bond acceptors (Lipinski definition) is 2. The highest BCUT2D eigenvalue weighted by Crippen LogP contribution is 2.38. The Kier molecular flexibility index (Phi) is 4.25. The number of carbonyl (C=O) groups is 1. The Morgan fingerprint density at radius 2 is 2.11 bits per heavy atom. The topological polar surface area (TPSA) is 63.3 Å². The first-order chi connectivity index (χ1) is 9.08. The van der Waals surface area contributed by atoms with Crippen LogP contribution in [0.1, 0.15) is 43.2 Å². The molecule has 3 N–H and O–H groups in total. The lowest BCUT2D eigenvalue weighted by atomic mass is 9.73. The van der Waals surface area contributed by atoms with Crippen LogP contribution in [-0.4, -0.2) is 17.6 Å². The van der Waals surface area contributed by atoms with Crippen molar-refractivity contribution in [2.75, 3.05) is 6.54 Å². The Labute approximate surface area is 114 Å². The second-order valence-corrected chi connectivity index (χ2v) is 5.82. The zero-order chi connectivity index (χ0) is 13.9. The fourth-order valence-corrected chi connectivity index (χ4v) is 3.27. The van der Waals surface area contributed by atoms with Gasteiger partial charge in [0.1, 0.15) is 5.41 Å². The number of aryl methyl sites for hydroxylation is 1. The Balaban J connectivity index is 2.35. The zero-order valence-electron chi connectivity index (χ0n) is 11.6. The molecule has 0 heterocycles. The zero-order valence-corrected chi connectivity index (χ0v) is 11.6. The third-order valence-electron chi connectivity index (χ3n) is 4.44. The molecule has 1 aromatic carbocycles. The van der Waals surface area contributed by atoms with Gasteiger partial charge in [0, 0.05) is 6.54 Å². The van der Waals surface area contributed by atoms with E-state index in [0.29, 0.717) is 12.3 Å². The summed E-state index contributed by atoms with van der Waals surface area (Å²) in [5.74, 6) is -0.285. The molecule has 0 spiro atoms. The summed E-state index contributed by atoms with van der Waals surface area (Å²) in [5, 5.41) is 9.75. The second-order valence-electron chi connectivity index (χ2n) is 5.82. The third kappa shape index (κ3) is 2.81. The highest BCUT2D eigenvalue weighted by Gasteiger charge is 2.41. The molecule has 0 amide bonds. The summed E-state index contributed by atoms with van der Waals surface area (Å²) in [7, 11) is 0. The van der Waals surface area contributed by atoms with Crippen LogP contribution in [0.15, 0.2) is 24.3 Å². The molecule has 3 heteroatoms. The summed E-state index contributed by atoms with van der Waals surface area (Å²) in [5.41, 5.74) is 6.91. The molecule has 1 aliphatic rings. The molecule has 1 aliphatic carbocycles. The van der Waals surface area contributed by atoms with Gasteiger partial charge >= 0.3 is 5.97 Å². The maximum absolute atomic E-state index is 11.9. The monoisotopic (exact) mass is 261 g/mol. The van der Waals surface area contributed by atoms with Crippen molar-refractivity contribution < 1.29 is 9.90 Å². The molecule has 0 saturated heterocycles. The summed E-state index contributed by atoms with van der Waals surface area (Å²) < 4.78 is 0. The molecule has 0 bridgehead atoms. The lowest BCUT2D eigenvalue weighted by Gasteiger charge is -2.31. The van der Waals surface area contributed by atoms with Crippen LogP contribution in [0.25, 0.3) is 0 Å². The Morgan fingerprint density at radius 1 is 1.42 bits per heavy atom. The lowest BCUT2D eigenvalue weighted by Crippen LogP contribution is -2.44. The van der Waals surface area contributed by atoms with Crippen molar-refractivity contribution in [2.24, 2.45) is 11.7 Å². The smallest absolute Gasteiger partial charge is 0.315 e. The maximum Gasteiger partial charge on any atom is 0.315 e. The summed E-state index contributed by atoms with van der Waals surface area (Å²) in [6.45, 7) is 2.16. The third-order valence-corrected chi connectivity index (χ3v) is 4.44. The van der Waals surface area contributed by atoms with Crippen LogP contribution >= 0.6 is 0 Å². The van der Waals surface area contributed by atoms with Crippen molar-refractivity contribution >= 4 is 5.97 Å². The average molecular weight is 261 g/mol. The standard InChI is InChI=1S/C16H23NO2/c1-12-5-4-8-14(9-12)16(11-17,15(18)19)10-13-6-2-3-7-13/h4-5,8-9,13H,2-3,6-7,10-11,17H2,1H3,(H,18,19). The van der Waals surface area contributed by atoms with E-state index >= 15 is 0 Å². The van der Waals surface area contributed by atoms with E-state index < -0.39 is 11.4 Å². The van der Waals surface area contributed by atoms with Gasteiger partial charge in [-0.05, 0) is 24.8 Å². The molecular weight excluding hydrogens is 238 g/mol. The minimum absolute atomic E-state index is 0.169. The lowest BCUT2D eigenvalue weighted by molar-refractivity contribution is -0.144. The van der Waals surface area contributed by atoms with E-state index in [1.807, 2.05) is 31.2 Å². The fraction of sp³-hybridized carbons (Fsp3) is 0.562. The molecule has 1 saturated carbocycles. The van der Waals surface area contributed by atoms with Gasteiger partial charge in [0.25, 0.3) is 0 Å². The SMILES string of the molecule is Cc1cccc(C(CN)(CC2CCCC2)C(=O)O)c1. The average Bonchev–Trinajstić information content (AvgIpc) is 2.88. The van der Waals surface area contributed by atoms with Crippen LogP contribution in [0, 0.1) is 12.8 Å². The predicted octanol–water partition coefficient (Wildman–Crippen LogP) is 2.86. The van der Waals surface area contributed by atoms with Gasteiger partial charge in [0.15, 0.2) is 0 Å². The quantitative estimate of drug-likeness (QED) is 0.856. The second kappa shape index (κ2) is 5.74. The first-order valence-electron chi connectivity index (χ1n) is 7.09. The van der Waals surface area contributed by atoms with Gasteiger partial charge in [-0.15, -0.1) is 0 Å². The van der Waals surface area contributed by atoms with Crippen molar-refractivity contribution in [3.8, 4) is 0 Å². The summed E-state index contributed by atoms with van der Waals surface area (Å²) in [4.78, 5) is 11.9. The summed E-state index contributed by atoms with van der Waals surface area (Å²) in [6, 6.07) is 7.79. The van der Waals surface area contributed by atoms with Crippen LogP contribution in [0.4, 0.5) is 0 Å². The van der Waals surface area contributed by atoms with Crippen molar-refractivity contribution in [1.82, 2.24) is 0 Å². The van der Waals surface area contributed by atoms with E-state index in [1.165, 1.54) is 12.8 Å². The molecule has 104 valence electrons. The van der Waals surface area contributed by atoms with Crippen LogP contribution in [0.5, 0.6) is 0 Å². The Bertz CT molecular complexity index is 452. The minimum atomic E-state index is -0.916. The van der Waals surface area contributed by atoms with Crippen LogP contribution in [0.2, 0.25) is 0 Å². The van der Waals surface area contributed by atoms with Crippen LogP contribution < -0.4 is 5.73 Å². The van der Waals surface area contributed by atoms with E-state index in [2.05, 4.69) is 0 Å². The van der Waals surface area contributed by atoms with Gasteiger partial charge < -0.3 is 10.8 Å². The molecule has 2 rings (SSSR count). The van der Waals surface area contributed by atoms with Crippen LogP contribution in [-0.2, 0) is 10.2 Å². The summed E-state index contributed by atoms with van der Waals surface area (Å²) >= 11 is 0. The van der Waals surface area contributed by atoms with Crippen LogP contribution in [0.3, 0.4) is 0 Å². The number of hydrogen-bond donors (Lipinski definition) is 2. The Morgan fingerprint density at radius 3 is 2.63 bits per heavy atom. The van der Waals surface area contributed by atoms with Gasteiger partial charge in [-0.2, -0.15) is 0 Å². The molecule has 1 atom stereocenters. The Hall–Kier alpha value is -1.35. The molecule has 0 aliphatic heterocycles. The maximum atomic E-state index is 11.9. The number of benzene rings is 1. The molecular formula is C16H23NO2. The largest absolute Gasteiger partial charge is 0.481 e. The van der Waals surface area contributed by atoms with Crippen molar-refractivity contribution in [3.05, 3.63) is 35.4 Å². The normalized spacial score (nSPS) is 19.3. The fourth-order valence-electron chi connectivity index (χ4n) is 3.27. The van der Waals surface area contributed by atoms with Gasteiger partial charge in [-0.1, -0.05) is 55.5 Å². The molecule has 19 heavy (non-hydrogen) atoms. The molecule has 0 radical (unpaired) electrons. The van der Waals surface area contributed by atoms with E-state index in [-0.39, 0.29) is 6.54 Å². The molecule has 3 nitrogen and oxygen atoms in total. The number of rotatable bonds is 5. The minimum Gasteiger partial charge on any atom is -0.481 e. The van der Waals surface area contributed by atoms with Crippen molar-refractivity contribution in [3.63, 3.8) is 0 Å². The predicted molar refractivity (Wildman–Crippen MR) is 76.1 cm³/mol. The summed E-state index contributed by atoms with van der Waals surface area (Å²) in [6.07, 6.45) is 5.39.